The molecule has 1 amide bonds. The molecule has 0 heterocycles. The predicted molar refractivity (Wildman–Crippen MR) is 93.2 cm³/mol. The summed E-state index contributed by atoms with van der Waals surface area (Å²) in [7, 11) is 5.49. The van der Waals surface area contributed by atoms with Gasteiger partial charge in [-0.25, -0.2) is 4.39 Å². The molecule has 0 aliphatic heterocycles. The number of likely N-dealkylation sites (N-methyl/N-ethyl adjacent to an activating group) is 1. The second kappa shape index (κ2) is 8.13. The van der Waals surface area contributed by atoms with Crippen LogP contribution < -0.4 is 10.1 Å². The zero-order valence-corrected chi connectivity index (χ0v) is 14.6. The number of carbonyl (C=O) groups excluding carboxylic acids is 1. The van der Waals surface area contributed by atoms with Crippen molar-refractivity contribution in [3.05, 3.63) is 64.4 Å². The number of hydrogen-bond donors (Lipinski definition) is 1. The average Bonchev–Trinajstić information content (AvgIpc) is 2.55. The quantitative estimate of drug-likeness (QED) is 0.866. The Bertz CT molecular complexity index is 705. The lowest BCUT2D eigenvalue weighted by atomic mass is 10.1. The molecule has 0 saturated carbocycles. The van der Waals surface area contributed by atoms with E-state index in [0.29, 0.717) is 6.54 Å². The van der Waals surface area contributed by atoms with Gasteiger partial charge in [-0.2, -0.15) is 0 Å². The first-order chi connectivity index (χ1) is 11.4. The van der Waals surface area contributed by atoms with Gasteiger partial charge in [0.25, 0.3) is 5.91 Å². The molecule has 0 aromatic heterocycles. The lowest BCUT2D eigenvalue weighted by molar-refractivity contribution is 0.0942. The fourth-order valence-corrected chi connectivity index (χ4v) is 2.64. The number of carbonyl (C=O) groups is 1. The largest absolute Gasteiger partial charge is 0.497 e. The molecular formula is C18H20ClFN2O2. The number of nitrogens with one attached hydrogen (secondary N) is 1. The molecule has 2 aromatic carbocycles. The molecule has 24 heavy (non-hydrogen) atoms. The van der Waals surface area contributed by atoms with Crippen molar-refractivity contribution in [2.24, 2.45) is 0 Å². The second-order valence-corrected chi connectivity index (χ2v) is 5.99. The van der Waals surface area contributed by atoms with Crippen LogP contribution in [0.4, 0.5) is 4.39 Å². The normalized spacial score (nSPS) is 12.1. The Morgan fingerprint density at radius 2 is 1.92 bits per heavy atom. The molecule has 128 valence electrons. The summed E-state index contributed by atoms with van der Waals surface area (Å²) in [5, 5.41) is 2.94. The summed E-state index contributed by atoms with van der Waals surface area (Å²) in [5.74, 6) is -0.0281. The summed E-state index contributed by atoms with van der Waals surface area (Å²) in [4.78, 5) is 14.3. The third kappa shape index (κ3) is 4.46. The van der Waals surface area contributed by atoms with E-state index in [0.717, 1.165) is 17.4 Å². The molecule has 0 bridgehead atoms. The minimum absolute atomic E-state index is 0.0147. The highest BCUT2D eigenvalue weighted by atomic mass is 35.5. The van der Waals surface area contributed by atoms with E-state index in [4.69, 9.17) is 16.3 Å². The number of halogens is 2. The predicted octanol–water partition coefficient (Wildman–Crippen LogP) is 3.52. The zero-order chi connectivity index (χ0) is 17.7. The molecule has 0 spiro atoms. The van der Waals surface area contributed by atoms with Gasteiger partial charge in [0.05, 0.1) is 23.7 Å². The van der Waals surface area contributed by atoms with Crippen LogP contribution in [0.2, 0.25) is 5.02 Å². The van der Waals surface area contributed by atoms with Crippen LogP contribution in [0.15, 0.2) is 42.5 Å². The van der Waals surface area contributed by atoms with E-state index >= 15 is 0 Å². The standard InChI is InChI=1S/C18H20ClFN2O2/c1-22(2)17(12-4-7-14(24-3)8-5-12)11-21-18(23)15-9-6-13(20)10-16(15)19/h4-10,17H,11H2,1-3H3,(H,21,23). The zero-order valence-electron chi connectivity index (χ0n) is 13.8. The van der Waals surface area contributed by atoms with E-state index in [1.54, 1.807) is 7.11 Å². The SMILES string of the molecule is COc1ccc(C(CNC(=O)c2ccc(F)cc2Cl)N(C)C)cc1. The Kier molecular flexibility index (Phi) is 6.17. The Morgan fingerprint density at radius 3 is 2.46 bits per heavy atom. The van der Waals surface area contributed by atoms with Gasteiger partial charge in [-0.1, -0.05) is 23.7 Å². The van der Waals surface area contributed by atoms with Gasteiger partial charge in [0.15, 0.2) is 0 Å². The molecule has 2 aromatic rings. The lowest BCUT2D eigenvalue weighted by Crippen LogP contribution is -2.34. The minimum Gasteiger partial charge on any atom is -0.497 e. The second-order valence-electron chi connectivity index (χ2n) is 5.59. The third-order valence-corrected chi connectivity index (χ3v) is 4.07. The van der Waals surface area contributed by atoms with Crippen LogP contribution >= 0.6 is 11.6 Å². The molecule has 1 N–H and O–H groups in total. The van der Waals surface area contributed by atoms with Crippen LogP contribution in [0.3, 0.4) is 0 Å². The summed E-state index contributed by atoms with van der Waals surface area (Å²) in [6.45, 7) is 0.395. The van der Waals surface area contributed by atoms with Crippen molar-refractivity contribution < 1.29 is 13.9 Å². The van der Waals surface area contributed by atoms with Crippen molar-refractivity contribution >= 4 is 17.5 Å². The molecule has 1 unspecified atom stereocenters. The molecule has 0 aliphatic rings. The molecule has 4 nitrogen and oxygen atoms in total. The highest BCUT2D eigenvalue weighted by Crippen LogP contribution is 2.21. The number of benzene rings is 2. The Morgan fingerprint density at radius 1 is 1.25 bits per heavy atom. The molecule has 0 radical (unpaired) electrons. The first-order valence-corrected chi connectivity index (χ1v) is 7.83. The van der Waals surface area contributed by atoms with Crippen LogP contribution in [0.5, 0.6) is 5.75 Å². The summed E-state index contributed by atoms with van der Waals surface area (Å²) < 4.78 is 18.2. The maximum Gasteiger partial charge on any atom is 0.252 e. The first kappa shape index (κ1) is 18.2. The summed E-state index contributed by atoms with van der Waals surface area (Å²) in [5.41, 5.74) is 1.30. The summed E-state index contributed by atoms with van der Waals surface area (Å²) in [6, 6.07) is 11.4. The minimum atomic E-state index is -0.471. The van der Waals surface area contributed by atoms with Gasteiger partial charge in [0.1, 0.15) is 11.6 Å². The van der Waals surface area contributed by atoms with E-state index in [9.17, 15) is 9.18 Å². The summed E-state index contributed by atoms with van der Waals surface area (Å²) in [6.07, 6.45) is 0. The van der Waals surface area contributed by atoms with E-state index in [1.807, 2.05) is 43.3 Å². The van der Waals surface area contributed by atoms with E-state index in [1.165, 1.54) is 12.1 Å². The van der Waals surface area contributed by atoms with Gasteiger partial charge in [0, 0.05) is 6.54 Å². The summed E-state index contributed by atoms with van der Waals surface area (Å²) >= 11 is 5.93. The van der Waals surface area contributed by atoms with Gasteiger partial charge in [0.2, 0.25) is 0 Å². The van der Waals surface area contributed by atoms with Crippen LogP contribution in [-0.2, 0) is 0 Å². The fourth-order valence-electron chi connectivity index (χ4n) is 2.38. The van der Waals surface area contributed by atoms with Gasteiger partial charge in [-0.05, 0) is 50.0 Å². The van der Waals surface area contributed by atoms with E-state index in [-0.39, 0.29) is 22.5 Å². The van der Waals surface area contributed by atoms with Crippen LogP contribution in [0.1, 0.15) is 22.0 Å². The van der Waals surface area contributed by atoms with Crippen LogP contribution in [0, 0.1) is 5.82 Å². The molecular weight excluding hydrogens is 331 g/mol. The number of amides is 1. The molecule has 1 atom stereocenters. The van der Waals surface area contributed by atoms with Gasteiger partial charge < -0.3 is 15.0 Å². The Balaban J connectivity index is 2.09. The smallest absolute Gasteiger partial charge is 0.252 e. The lowest BCUT2D eigenvalue weighted by Gasteiger charge is -2.25. The Labute approximate surface area is 146 Å². The maximum absolute atomic E-state index is 13.1. The van der Waals surface area contributed by atoms with E-state index < -0.39 is 5.82 Å². The van der Waals surface area contributed by atoms with Gasteiger partial charge >= 0.3 is 0 Å². The highest BCUT2D eigenvalue weighted by Gasteiger charge is 2.17. The van der Waals surface area contributed by atoms with Crippen molar-refractivity contribution in [1.82, 2.24) is 10.2 Å². The molecule has 6 heteroatoms. The highest BCUT2D eigenvalue weighted by molar-refractivity contribution is 6.33. The van der Waals surface area contributed by atoms with Crippen molar-refractivity contribution in [1.29, 1.82) is 0 Å². The Hall–Kier alpha value is -2.11. The number of nitrogens with zero attached hydrogens (tertiary/aromatic N) is 1. The third-order valence-electron chi connectivity index (χ3n) is 3.76. The molecule has 0 aliphatic carbocycles. The average molecular weight is 351 g/mol. The van der Waals surface area contributed by atoms with Crippen molar-refractivity contribution in [3.8, 4) is 5.75 Å². The fraction of sp³-hybridized carbons (Fsp3) is 0.278. The molecule has 0 saturated heterocycles. The maximum atomic E-state index is 13.1. The van der Waals surface area contributed by atoms with Gasteiger partial charge in [-0.15, -0.1) is 0 Å². The number of ether oxygens (including phenoxy) is 1. The molecule has 2 rings (SSSR count). The van der Waals surface area contributed by atoms with Crippen molar-refractivity contribution in [2.75, 3.05) is 27.7 Å². The van der Waals surface area contributed by atoms with Crippen molar-refractivity contribution in [3.63, 3.8) is 0 Å². The van der Waals surface area contributed by atoms with E-state index in [2.05, 4.69) is 5.32 Å². The number of hydrogen-bond acceptors (Lipinski definition) is 3. The van der Waals surface area contributed by atoms with Crippen LogP contribution in [0.25, 0.3) is 0 Å². The van der Waals surface area contributed by atoms with Crippen LogP contribution in [-0.4, -0.2) is 38.6 Å². The topological polar surface area (TPSA) is 41.6 Å². The first-order valence-electron chi connectivity index (χ1n) is 7.46. The monoisotopic (exact) mass is 350 g/mol. The molecule has 0 fully saturated rings. The number of methoxy groups -OCH3 is 1. The number of rotatable bonds is 6. The van der Waals surface area contributed by atoms with Gasteiger partial charge in [-0.3, -0.25) is 4.79 Å². The van der Waals surface area contributed by atoms with Crippen molar-refractivity contribution in [2.45, 2.75) is 6.04 Å².